The fourth-order valence-corrected chi connectivity index (χ4v) is 2.94. The molecule has 2 amide bonds. The van der Waals surface area contributed by atoms with E-state index in [2.05, 4.69) is 20.8 Å². The molecule has 2 atom stereocenters. The van der Waals surface area contributed by atoms with Crippen LogP contribution in [0, 0.1) is 5.92 Å². The van der Waals surface area contributed by atoms with Crippen molar-refractivity contribution in [2.24, 2.45) is 5.92 Å². The molecule has 3 rings (SSSR count). The summed E-state index contributed by atoms with van der Waals surface area (Å²) in [7, 11) is 0. The largest absolute Gasteiger partial charge is 0.347 e. The number of hydrogen-bond acceptors (Lipinski definition) is 4. The topological polar surface area (TPSA) is 88.4 Å². The van der Waals surface area contributed by atoms with Gasteiger partial charge in [0.1, 0.15) is 6.04 Å². The molecular formula is C20H22ClN5O2. The molecule has 0 fully saturated rings. The van der Waals surface area contributed by atoms with Crippen LogP contribution in [0.3, 0.4) is 0 Å². The Morgan fingerprint density at radius 2 is 1.89 bits per heavy atom. The van der Waals surface area contributed by atoms with Gasteiger partial charge in [0, 0.05) is 16.8 Å². The average molecular weight is 400 g/mol. The maximum absolute atomic E-state index is 12.8. The number of nitrogens with one attached hydrogen (secondary N) is 2. The minimum Gasteiger partial charge on any atom is -0.347 e. The molecule has 2 aromatic heterocycles. The monoisotopic (exact) mass is 399 g/mol. The van der Waals surface area contributed by atoms with Gasteiger partial charge >= 0.3 is 0 Å². The molecule has 0 radical (unpaired) electrons. The summed E-state index contributed by atoms with van der Waals surface area (Å²) in [5.41, 5.74) is 1.16. The van der Waals surface area contributed by atoms with Crippen LogP contribution in [0.1, 0.15) is 36.5 Å². The zero-order valence-corrected chi connectivity index (χ0v) is 16.5. The van der Waals surface area contributed by atoms with Gasteiger partial charge in [-0.1, -0.05) is 37.9 Å². The second-order valence-corrected chi connectivity index (χ2v) is 7.04. The van der Waals surface area contributed by atoms with E-state index in [-0.39, 0.29) is 24.3 Å². The smallest absolute Gasteiger partial charge is 0.251 e. The summed E-state index contributed by atoms with van der Waals surface area (Å²) in [5.74, 6) is 0.0108. The number of carbonyl (C=O) groups is 2. The van der Waals surface area contributed by atoms with E-state index in [9.17, 15) is 9.59 Å². The van der Waals surface area contributed by atoms with Crippen molar-refractivity contribution in [3.63, 3.8) is 0 Å². The number of amides is 2. The number of pyridine rings is 1. The molecule has 0 aliphatic rings. The third-order valence-corrected chi connectivity index (χ3v) is 4.95. The highest BCUT2D eigenvalue weighted by atomic mass is 35.5. The van der Waals surface area contributed by atoms with Crippen LogP contribution < -0.4 is 10.6 Å². The van der Waals surface area contributed by atoms with E-state index in [1.54, 1.807) is 24.3 Å². The number of benzene rings is 1. The molecule has 0 aliphatic carbocycles. The van der Waals surface area contributed by atoms with Crippen molar-refractivity contribution in [1.82, 2.24) is 25.2 Å². The van der Waals surface area contributed by atoms with E-state index in [1.165, 1.54) is 0 Å². The predicted octanol–water partition coefficient (Wildman–Crippen LogP) is 2.84. The highest BCUT2D eigenvalue weighted by Gasteiger charge is 2.26. The molecule has 0 saturated carbocycles. The molecule has 1 aromatic carbocycles. The Bertz CT molecular complexity index is 970. The van der Waals surface area contributed by atoms with Gasteiger partial charge in [0.2, 0.25) is 5.91 Å². The second-order valence-electron chi connectivity index (χ2n) is 6.61. The highest BCUT2D eigenvalue weighted by molar-refractivity contribution is 6.30. The second kappa shape index (κ2) is 8.84. The maximum atomic E-state index is 12.8. The normalized spacial score (nSPS) is 13.1. The van der Waals surface area contributed by atoms with E-state index < -0.39 is 6.04 Å². The lowest BCUT2D eigenvalue weighted by Crippen LogP contribution is -2.50. The summed E-state index contributed by atoms with van der Waals surface area (Å²) in [4.78, 5) is 25.3. The molecule has 2 heterocycles. The third-order valence-electron chi connectivity index (χ3n) is 4.69. The Labute approximate surface area is 168 Å². The number of halogens is 1. The minimum absolute atomic E-state index is 0.0357. The lowest BCUT2D eigenvalue weighted by atomic mass is 9.98. The minimum atomic E-state index is -0.660. The van der Waals surface area contributed by atoms with E-state index >= 15 is 0 Å². The van der Waals surface area contributed by atoms with Gasteiger partial charge in [0.05, 0.1) is 6.54 Å². The molecule has 0 unspecified atom stereocenters. The van der Waals surface area contributed by atoms with Crippen LogP contribution in [-0.2, 0) is 11.3 Å². The van der Waals surface area contributed by atoms with E-state index in [0.717, 1.165) is 6.42 Å². The first-order valence-electron chi connectivity index (χ1n) is 9.12. The van der Waals surface area contributed by atoms with Crippen LogP contribution in [0.25, 0.3) is 5.65 Å². The van der Waals surface area contributed by atoms with E-state index in [1.807, 2.05) is 42.6 Å². The fraction of sp³-hybridized carbons (Fsp3) is 0.300. The van der Waals surface area contributed by atoms with Gasteiger partial charge in [0.15, 0.2) is 11.5 Å². The number of hydrogen-bond donors (Lipinski definition) is 2. The van der Waals surface area contributed by atoms with Crippen LogP contribution in [0.2, 0.25) is 5.02 Å². The molecule has 8 heteroatoms. The number of aromatic nitrogens is 3. The summed E-state index contributed by atoms with van der Waals surface area (Å²) in [6.45, 7) is 4.12. The molecule has 0 spiro atoms. The first-order chi connectivity index (χ1) is 13.5. The Hall–Kier alpha value is -2.93. The van der Waals surface area contributed by atoms with Gasteiger partial charge in [-0.2, -0.15) is 0 Å². The number of rotatable bonds is 7. The van der Waals surface area contributed by atoms with Crippen LogP contribution >= 0.6 is 11.6 Å². The number of fused-ring (bicyclic) bond motifs is 1. The summed E-state index contributed by atoms with van der Waals surface area (Å²) in [6.07, 6.45) is 2.58. The van der Waals surface area contributed by atoms with Crippen molar-refractivity contribution >= 4 is 29.1 Å². The van der Waals surface area contributed by atoms with Gasteiger partial charge in [-0.3, -0.25) is 14.0 Å². The molecule has 28 heavy (non-hydrogen) atoms. The number of carbonyl (C=O) groups excluding carboxylic acids is 2. The molecule has 3 aromatic rings. The van der Waals surface area contributed by atoms with Crippen molar-refractivity contribution in [2.75, 3.05) is 0 Å². The zero-order valence-electron chi connectivity index (χ0n) is 15.7. The van der Waals surface area contributed by atoms with Crippen molar-refractivity contribution in [2.45, 2.75) is 32.9 Å². The van der Waals surface area contributed by atoms with Crippen LogP contribution in [0.4, 0.5) is 0 Å². The summed E-state index contributed by atoms with van der Waals surface area (Å²) in [5, 5.41) is 14.4. The van der Waals surface area contributed by atoms with Gasteiger partial charge in [-0.05, 0) is 42.3 Å². The van der Waals surface area contributed by atoms with E-state index in [0.29, 0.717) is 22.1 Å². The zero-order chi connectivity index (χ0) is 20.1. The first-order valence-corrected chi connectivity index (χ1v) is 9.50. The number of nitrogens with zero attached hydrogens (tertiary/aromatic N) is 3. The molecule has 2 N–H and O–H groups in total. The molecule has 146 valence electrons. The maximum Gasteiger partial charge on any atom is 0.251 e. The predicted molar refractivity (Wildman–Crippen MR) is 107 cm³/mol. The molecule has 0 bridgehead atoms. The summed E-state index contributed by atoms with van der Waals surface area (Å²) >= 11 is 5.87. The molecular weight excluding hydrogens is 378 g/mol. The Morgan fingerprint density at radius 3 is 2.61 bits per heavy atom. The standard InChI is InChI=1S/C20H22ClN5O2/c1-3-13(2)18(23-19(27)14-7-9-15(21)10-8-14)20(28)22-12-17-25-24-16-6-4-5-11-26(16)17/h4-11,13,18H,3,12H2,1-2H3,(H,22,28)(H,23,27)/t13-,18-/m0/s1. The molecule has 0 saturated heterocycles. The van der Waals surface area contributed by atoms with Gasteiger partial charge in [-0.25, -0.2) is 0 Å². The lowest BCUT2D eigenvalue weighted by molar-refractivity contribution is -0.124. The summed E-state index contributed by atoms with van der Waals surface area (Å²) < 4.78 is 1.81. The van der Waals surface area contributed by atoms with Crippen LogP contribution in [-0.4, -0.2) is 32.5 Å². The summed E-state index contributed by atoms with van der Waals surface area (Å²) in [6, 6.07) is 11.5. The van der Waals surface area contributed by atoms with Gasteiger partial charge in [-0.15, -0.1) is 10.2 Å². The van der Waals surface area contributed by atoms with Crippen molar-refractivity contribution in [1.29, 1.82) is 0 Å². The molecule has 7 nitrogen and oxygen atoms in total. The fourth-order valence-electron chi connectivity index (χ4n) is 2.82. The van der Waals surface area contributed by atoms with Crippen molar-refractivity contribution < 1.29 is 9.59 Å². The van der Waals surface area contributed by atoms with Crippen molar-refractivity contribution in [3.05, 3.63) is 65.1 Å². The van der Waals surface area contributed by atoms with Gasteiger partial charge in [0.25, 0.3) is 5.91 Å². The van der Waals surface area contributed by atoms with E-state index in [4.69, 9.17) is 11.6 Å². The Balaban J connectivity index is 1.69. The quantitative estimate of drug-likeness (QED) is 0.639. The van der Waals surface area contributed by atoms with Crippen LogP contribution in [0.15, 0.2) is 48.7 Å². The van der Waals surface area contributed by atoms with Crippen molar-refractivity contribution in [3.8, 4) is 0 Å². The highest BCUT2D eigenvalue weighted by Crippen LogP contribution is 2.12. The average Bonchev–Trinajstić information content (AvgIpc) is 3.13. The third kappa shape index (κ3) is 4.48. The first kappa shape index (κ1) is 19.8. The molecule has 0 aliphatic heterocycles. The lowest BCUT2D eigenvalue weighted by Gasteiger charge is -2.23. The Kier molecular flexibility index (Phi) is 6.26. The van der Waals surface area contributed by atoms with Crippen LogP contribution in [0.5, 0.6) is 0 Å². The van der Waals surface area contributed by atoms with Gasteiger partial charge < -0.3 is 10.6 Å². The SMILES string of the molecule is CC[C@H](C)[C@H](NC(=O)c1ccc(Cl)cc1)C(=O)NCc1nnc2ccccn12. The Morgan fingerprint density at radius 1 is 1.14 bits per heavy atom.